The van der Waals surface area contributed by atoms with Crippen molar-refractivity contribution in [2.45, 2.75) is 25.9 Å². The van der Waals surface area contributed by atoms with E-state index < -0.39 is 0 Å². The highest BCUT2D eigenvalue weighted by Gasteiger charge is 2.09. The molecule has 3 heterocycles. The molecule has 0 aromatic carbocycles. The molecule has 0 aliphatic heterocycles. The highest BCUT2D eigenvalue weighted by atomic mass is 35.5. The lowest BCUT2D eigenvalue weighted by molar-refractivity contribution is 0.560. The number of unbranched alkanes of at least 4 members (excludes halogenated alkanes) is 1. The van der Waals surface area contributed by atoms with Crippen molar-refractivity contribution in [1.29, 1.82) is 0 Å². The van der Waals surface area contributed by atoms with Crippen molar-refractivity contribution < 1.29 is 0 Å². The Morgan fingerprint density at radius 3 is 2.90 bits per heavy atom. The van der Waals surface area contributed by atoms with Gasteiger partial charge in [-0.05, 0) is 18.9 Å². The molecule has 0 aliphatic carbocycles. The Balaban J connectivity index is 1.66. The fourth-order valence-electron chi connectivity index (χ4n) is 2.21. The summed E-state index contributed by atoms with van der Waals surface area (Å²) in [5, 5.41) is 0.572. The third-order valence-electron chi connectivity index (χ3n) is 3.19. The van der Waals surface area contributed by atoms with E-state index in [2.05, 4.69) is 19.5 Å². The molecule has 6 nitrogen and oxygen atoms in total. The fraction of sp³-hybridized carbons (Fsp3) is 0.308. The number of nitrogens with two attached hydrogens (primary N) is 1. The first-order valence-electron chi connectivity index (χ1n) is 6.47. The molecule has 2 N–H and O–H groups in total. The summed E-state index contributed by atoms with van der Waals surface area (Å²) in [5.74, 6) is 0.484. The molecule has 20 heavy (non-hydrogen) atoms. The quantitative estimate of drug-likeness (QED) is 0.732. The summed E-state index contributed by atoms with van der Waals surface area (Å²) in [5.41, 5.74) is 7.46. The molecule has 0 saturated carbocycles. The van der Waals surface area contributed by atoms with Crippen molar-refractivity contribution in [2.24, 2.45) is 0 Å². The zero-order valence-electron chi connectivity index (χ0n) is 10.9. The number of rotatable bonds is 5. The second-order valence-electron chi connectivity index (χ2n) is 4.63. The number of hydrogen-bond donors (Lipinski definition) is 1. The van der Waals surface area contributed by atoms with Gasteiger partial charge in [0.05, 0.1) is 11.3 Å². The minimum atomic E-state index is 0.484. The molecular formula is C13H15ClN6. The number of nitrogen functional groups attached to an aromatic ring is 1. The Kier molecular flexibility index (Phi) is 3.56. The Morgan fingerprint density at radius 1 is 1.25 bits per heavy atom. The number of imidazole rings is 2. The van der Waals surface area contributed by atoms with Gasteiger partial charge in [-0.1, -0.05) is 11.6 Å². The van der Waals surface area contributed by atoms with E-state index in [1.807, 2.05) is 17.1 Å². The van der Waals surface area contributed by atoms with Crippen LogP contribution in [0.3, 0.4) is 0 Å². The Morgan fingerprint density at radius 2 is 2.10 bits per heavy atom. The van der Waals surface area contributed by atoms with Gasteiger partial charge in [-0.15, -0.1) is 0 Å². The number of anilines is 1. The molecule has 0 fully saturated rings. The highest BCUT2D eigenvalue weighted by Crippen LogP contribution is 2.19. The van der Waals surface area contributed by atoms with Crippen LogP contribution in [-0.2, 0) is 13.1 Å². The van der Waals surface area contributed by atoms with Crippen molar-refractivity contribution in [3.63, 3.8) is 0 Å². The van der Waals surface area contributed by atoms with Gasteiger partial charge in [0.2, 0.25) is 5.95 Å². The topological polar surface area (TPSA) is 74.5 Å². The van der Waals surface area contributed by atoms with Gasteiger partial charge in [-0.3, -0.25) is 4.57 Å². The maximum absolute atomic E-state index is 5.93. The average Bonchev–Trinajstić information content (AvgIpc) is 3.02. The lowest BCUT2D eigenvalue weighted by Gasteiger charge is -2.06. The van der Waals surface area contributed by atoms with Gasteiger partial charge in [0.25, 0.3) is 0 Å². The summed E-state index contributed by atoms with van der Waals surface area (Å²) >= 11 is 5.90. The van der Waals surface area contributed by atoms with Crippen molar-refractivity contribution in [3.05, 3.63) is 36.0 Å². The molecule has 0 bridgehead atoms. The number of nitrogens with zero attached hydrogens (tertiary/aromatic N) is 5. The molecule has 0 saturated heterocycles. The molecule has 0 spiro atoms. The van der Waals surface area contributed by atoms with E-state index in [0.717, 1.165) is 37.1 Å². The molecule has 3 rings (SSSR count). The fourth-order valence-corrected chi connectivity index (χ4v) is 2.36. The number of halogens is 1. The third kappa shape index (κ3) is 2.60. The van der Waals surface area contributed by atoms with E-state index in [1.165, 1.54) is 0 Å². The predicted octanol–water partition coefficient (Wildman–Crippen LogP) is 2.34. The maximum Gasteiger partial charge on any atom is 0.202 e. The summed E-state index contributed by atoms with van der Waals surface area (Å²) in [6.45, 7) is 1.75. The molecule has 104 valence electrons. The molecule has 0 radical (unpaired) electrons. The first-order valence-corrected chi connectivity index (χ1v) is 6.85. The van der Waals surface area contributed by atoms with Gasteiger partial charge in [-0.2, -0.15) is 0 Å². The summed E-state index contributed by atoms with van der Waals surface area (Å²) in [7, 11) is 0. The molecule has 0 aliphatic rings. The van der Waals surface area contributed by atoms with E-state index >= 15 is 0 Å². The van der Waals surface area contributed by atoms with Gasteiger partial charge < -0.3 is 10.3 Å². The number of hydrogen-bond acceptors (Lipinski definition) is 4. The van der Waals surface area contributed by atoms with Crippen LogP contribution in [0.15, 0.2) is 31.0 Å². The van der Waals surface area contributed by atoms with Crippen LogP contribution in [0.25, 0.3) is 11.2 Å². The van der Waals surface area contributed by atoms with Crippen LogP contribution in [0.1, 0.15) is 12.8 Å². The second kappa shape index (κ2) is 5.50. The Hall–Kier alpha value is -2.08. The van der Waals surface area contributed by atoms with Crippen LogP contribution in [0.4, 0.5) is 5.95 Å². The zero-order chi connectivity index (χ0) is 13.9. The predicted molar refractivity (Wildman–Crippen MR) is 78.4 cm³/mol. The van der Waals surface area contributed by atoms with Crippen LogP contribution in [0.2, 0.25) is 5.02 Å². The Labute approximate surface area is 121 Å². The molecular weight excluding hydrogens is 276 g/mol. The van der Waals surface area contributed by atoms with Gasteiger partial charge >= 0.3 is 0 Å². The van der Waals surface area contributed by atoms with Gasteiger partial charge in [-0.25, -0.2) is 15.0 Å². The third-order valence-corrected chi connectivity index (χ3v) is 3.40. The summed E-state index contributed by atoms with van der Waals surface area (Å²) in [6.07, 6.45) is 9.23. The second-order valence-corrected chi connectivity index (χ2v) is 5.06. The van der Waals surface area contributed by atoms with Crippen LogP contribution >= 0.6 is 11.6 Å². The molecule has 0 amide bonds. The minimum Gasteiger partial charge on any atom is -0.369 e. The first kappa shape index (κ1) is 12.9. The van der Waals surface area contributed by atoms with Crippen molar-refractivity contribution in [3.8, 4) is 0 Å². The molecule has 3 aromatic heterocycles. The summed E-state index contributed by atoms with van der Waals surface area (Å²) < 4.78 is 3.99. The van der Waals surface area contributed by atoms with Crippen molar-refractivity contribution in [1.82, 2.24) is 24.1 Å². The van der Waals surface area contributed by atoms with Gasteiger partial charge in [0, 0.05) is 31.7 Å². The summed E-state index contributed by atoms with van der Waals surface area (Å²) in [4.78, 5) is 12.6. The maximum atomic E-state index is 5.93. The van der Waals surface area contributed by atoms with E-state index in [1.54, 1.807) is 18.5 Å². The molecule has 0 unspecified atom stereocenters. The SMILES string of the molecule is Nc1nc2cc(Cl)cnc2n1CCCCn1ccnc1. The van der Waals surface area contributed by atoms with Crippen molar-refractivity contribution in [2.75, 3.05) is 5.73 Å². The van der Waals surface area contributed by atoms with Crippen molar-refractivity contribution >= 4 is 28.7 Å². The highest BCUT2D eigenvalue weighted by molar-refractivity contribution is 6.31. The van der Waals surface area contributed by atoms with Crippen LogP contribution in [0, 0.1) is 0 Å². The van der Waals surface area contributed by atoms with E-state index in [4.69, 9.17) is 17.3 Å². The number of aromatic nitrogens is 5. The normalized spacial score (nSPS) is 11.2. The Bertz CT molecular complexity index is 703. The van der Waals surface area contributed by atoms with Crippen LogP contribution in [-0.4, -0.2) is 24.1 Å². The minimum absolute atomic E-state index is 0.484. The van der Waals surface area contributed by atoms with E-state index in [9.17, 15) is 0 Å². The van der Waals surface area contributed by atoms with Crippen LogP contribution < -0.4 is 5.73 Å². The molecule has 7 heteroatoms. The summed E-state index contributed by atoms with van der Waals surface area (Å²) in [6, 6.07) is 1.78. The van der Waals surface area contributed by atoms with E-state index in [0.29, 0.717) is 11.0 Å². The molecule has 3 aromatic rings. The van der Waals surface area contributed by atoms with E-state index in [-0.39, 0.29) is 0 Å². The first-order chi connectivity index (χ1) is 9.74. The average molecular weight is 291 g/mol. The van der Waals surface area contributed by atoms with Gasteiger partial charge in [0.15, 0.2) is 5.65 Å². The smallest absolute Gasteiger partial charge is 0.202 e. The molecule has 0 atom stereocenters. The van der Waals surface area contributed by atoms with Gasteiger partial charge in [0.1, 0.15) is 5.52 Å². The zero-order valence-corrected chi connectivity index (χ0v) is 11.7. The lowest BCUT2D eigenvalue weighted by Crippen LogP contribution is -2.05. The number of fused-ring (bicyclic) bond motifs is 1. The number of aryl methyl sites for hydroxylation is 2. The lowest BCUT2D eigenvalue weighted by atomic mass is 10.3. The number of pyridine rings is 1. The largest absolute Gasteiger partial charge is 0.369 e. The monoisotopic (exact) mass is 290 g/mol. The standard InChI is InChI=1S/C13H15ClN6/c14-10-7-11-12(17-8-10)20(13(15)18-11)5-2-1-4-19-6-3-16-9-19/h3,6-9H,1-2,4-5H2,(H2,15,18). The van der Waals surface area contributed by atoms with Crippen LogP contribution in [0.5, 0.6) is 0 Å².